The second-order valence-corrected chi connectivity index (χ2v) is 5.67. The van der Waals surface area contributed by atoms with E-state index < -0.39 is 6.58 Å². The first-order valence-corrected chi connectivity index (χ1v) is 4.59. The molecule has 1 unspecified atom stereocenters. The molecule has 0 fully saturated rings. The fourth-order valence-corrected chi connectivity index (χ4v) is 0. The molecule has 0 saturated heterocycles. The Morgan fingerprint density at radius 1 is 1.43 bits per heavy atom. The standard InChI is InChI=1S/C4H9BPS/c1-4(2,3)6(5)7/h1-3H3/q+1. The Bertz CT molecular complexity index is 84.2. The van der Waals surface area contributed by atoms with Crippen molar-refractivity contribution in [3.63, 3.8) is 0 Å². The molecule has 0 aliphatic heterocycles. The van der Waals surface area contributed by atoms with Gasteiger partial charge in [0, 0.05) is 0 Å². The molecule has 0 heterocycles. The number of hydrogen-bond acceptors (Lipinski definition) is 1. The Labute approximate surface area is 52.5 Å². The van der Waals surface area contributed by atoms with E-state index in [4.69, 9.17) is 19.4 Å². The third-order valence-corrected chi connectivity index (χ3v) is 3.63. The van der Waals surface area contributed by atoms with Gasteiger partial charge in [-0.25, -0.2) is 0 Å². The summed E-state index contributed by atoms with van der Waals surface area (Å²) in [6, 6.07) is 0. The predicted octanol–water partition coefficient (Wildman–Crippen LogP) is 1.81. The van der Waals surface area contributed by atoms with Crippen LogP contribution in [0.1, 0.15) is 20.8 Å². The van der Waals surface area contributed by atoms with Gasteiger partial charge in [-0.05, 0) is 20.8 Å². The van der Waals surface area contributed by atoms with Gasteiger partial charge in [-0.15, -0.1) is 0 Å². The van der Waals surface area contributed by atoms with Crippen LogP contribution in [0, 0.1) is 0 Å². The molecule has 0 aliphatic rings. The Balaban J connectivity index is 3.79. The van der Waals surface area contributed by atoms with Crippen LogP contribution in [0.15, 0.2) is 0 Å². The van der Waals surface area contributed by atoms with E-state index >= 15 is 0 Å². The van der Waals surface area contributed by atoms with Crippen LogP contribution < -0.4 is 0 Å². The van der Waals surface area contributed by atoms with E-state index in [1.54, 1.807) is 0 Å². The molecule has 0 amide bonds. The molecule has 2 radical (unpaired) electrons. The second-order valence-electron chi connectivity index (χ2n) is 2.50. The highest BCUT2D eigenvalue weighted by molar-refractivity contribution is 8.17. The summed E-state index contributed by atoms with van der Waals surface area (Å²) in [5, 5.41) is 0.157. The third-order valence-electron chi connectivity index (χ3n) is 0.661. The average molecular weight is 131 g/mol. The Kier molecular flexibility index (Phi) is 2.42. The van der Waals surface area contributed by atoms with E-state index in [-0.39, 0.29) is 5.16 Å². The summed E-state index contributed by atoms with van der Waals surface area (Å²) in [5.41, 5.74) is 0. The lowest BCUT2D eigenvalue weighted by atomic mass is 10.3. The summed E-state index contributed by atoms with van der Waals surface area (Å²) in [7, 11) is 5.45. The minimum atomic E-state index is -0.658. The van der Waals surface area contributed by atoms with Gasteiger partial charge in [0.2, 0.25) is 0 Å². The summed E-state index contributed by atoms with van der Waals surface area (Å²) in [6.45, 7) is 5.53. The van der Waals surface area contributed by atoms with Crippen LogP contribution in [-0.2, 0) is 11.8 Å². The lowest BCUT2D eigenvalue weighted by Gasteiger charge is -2.04. The van der Waals surface area contributed by atoms with Gasteiger partial charge in [0.25, 0.3) is 0 Å². The molecule has 0 aromatic carbocycles. The molecule has 1 atom stereocenters. The van der Waals surface area contributed by atoms with Crippen molar-refractivity contribution in [2.45, 2.75) is 25.9 Å². The number of rotatable bonds is 0. The van der Waals surface area contributed by atoms with Crippen LogP contribution in [0.2, 0.25) is 0 Å². The average Bonchev–Trinajstić information content (AvgIpc) is 1.31. The molecule has 0 saturated carbocycles. The largest absolute Gasteiger partial charge is 0.460 e. The van der Waals surface area contributed by atoms with Gasteiger partial charge in [-0.3, -0.25) is 0 Å². The fourth-order valence-electron chi connectivity index (χ4n) is 0. The van der Waals surface area contributed by atoms with Crippen molar-refractivity contribution in [3.8, 4) is 0 Å². The van der Waals surface area contributed by atoms with Gasteiger partial charge < -0.3 is 0 Å². The maximum absolute atomic E-state index is 5.45. The van der Waals surface area contributed by atoms with Crippen molar-refractivity contribution in [2.24, 2.45) is 0 Å². The zero-order valence-electron chi connectivity index (χ0n) is 4.93. The molecule has 0 aromatic heterocycles. The van der Waals surface area contributed by atoms with E-state index in [1.807, 2.05) is 0 Å². The van der Waals surface area contributed by atoms with Crippen molar-refractivity contribution in [2.75, 3.05) is 0 Å². The monoisotopic (exact) mass is 131 g/mol. The van der Waals surface area contributed by atoms with E-state index in [2.05, 4.69) is 20.8 Å². The lowest BCUT2D eigenvalue weighted by molar-refractivity contribution is 0.800. The van der Waals surface area contributed by atoms with E-state index in [0.29, 0.717) is 0 Å². The molecule has 0 rings (SSSR count). The molecule has 0 aromatic rings. The molecule has 0 spiro atoms. The fraction of sp³-hybridized carbons (Fsp3) is 1.00. The first-order valence-electron chi connectivity index (χ1n) is 2.16. The van der Waals surface area contributed by atoms with Gasteiger partial charge >= 0.3 is 7.57 Å². The Morgan fingerprint density at radius 3 is 1.57 bits per heavy atom. The van der Waals surface area contributed by atoms with E-state index in [1.165, 1.54) is 0 Å². The molecular formula is C4H9BPS+. The van der Waals surface area contributed by atoms with Gasteiger partial charge in [-0.1, -0.05) is 0 Å². The molecule has 0 aliphatic carbocycles. The van der Waals surface area contributed by atoms with Gasteiger partial charge in [0.05, 0.1) is 0 Å². The summed E-state index contributed by atoms with van der Waals surface area (Å²) in [5.74, 6) is 0. The first-order chi connectivity index (χ1) is 2.94. The maximum Gasteiger partial charge on any atom is 0.460 e. The highest BCUT2D eigenvalue weighted by atomic mass is 32.4. The molecular weight excluding hydrogens is 122 g/mol. The van der Waals surface area contributed by atoms with Gasteiger partial charge in [0.1, 0.15) is 23.5 Å². The highest BCUT2D eigenvalue weighted by Gasteiger charge is 2.22. The zero-order chi connectivity index (χ0) is 6.08. The third kappa shape index (κ3) is 3.19. The van der Waals surface area contributed by atoms with E-state index in [9.17, 15) is 0 Å². The summed E-state index contributed by atoms with van der Waals surface area (Å²) in [6.07, 6.45) is 0. The Hall–Kier alpha value is 0.585. The normalized spacial score (nSPS) is 13.9. The van der Waals surface area contributed by atoms with Crippen LogP contribution in [-0.4, -0.2) is 12.7 Å². The number of hydrogen-bond donors (Lipinski definition) is 0. The summed E-state index contributed by atoms with van der Waals surface area (Å²) < 4.78 is 0. The van der Waals surface area contributed by atoms with Crippen LogP contribution in [0.4, 0.5) is 0 Å². The second kappa shape index (κ2) is 2.24. The van der Waals surface area contributed by atoms with E-state index in [0.717, 1.165) is 0 Å². The summed E-state index contributed by atoms with van der Waals surface area (Å²) >= 11 is 4.86. The summed E-state index contributed by atoms with van der Waals surface area (Å²) in [4.78, 5) is 0. The lowest BCUT2D eigenvalue weighted by Crippen LogP contribution is -2.05. The molecule has 0 bridgehead atoms. The van der Waals surface area contributed by atoms with Crippen molar-refractivity contribution in [3.05, 3.63) is 0 Å². The molecule has 0 N–H and O–H groups in total. The highest BCUT2D eigenvalue weighted by Crippen LogP contribution is 2.32. The van der Waals surface area contributed by atoms with Crippen molar-refractivity contribution in [1.29, 1.82) is 0 Å². The first kappa shape index (κ1) is 7.58. The van der Waals surface area contributed by atoms with Crippen molar-refractivity contribution in [1.82, 2.24) is 0 Å². The maximum atomic E-state index is 5.45. The minimum absolute atomic E-state index is 0.157. The SMILES string of the molecule is [B][P+](=S)C(C)(C)C. The van der Waals surface area contributed by atoms with Crippen LogP contribution in [0.3, 0.4) is 0 Å². The smallest absolute Gasteiger partial charge is 0.0199 e. The van der Waals surface area contributed by atoms with Gasteiger partial charge in [0.15, 0.2) is 0 Å². The van der Waals surface area contributed by atoms with Gasteiger partial charge in [-0.2, -0.15) is 0 Å². The Morgan fingerprint density at radius 2 is 1.57 bits per heavy atom. The van der Waals surface area contributed by atoms with Crippen LogP contribution >= 0.6 is 6.58 Å². The minimum Gasteiger partial charge on any atom is -0.0199 e. The van der Waals surface area contributed by atoms with Crippen LogP contribution in [0.5, 0.6) is 0 Å². The predicted molar refractivity (Wildman–Crippen MR) is 39.8 cm³/mol. The topological polar surface area (TPSA) is 0 Å². The molecule has 0 nitrogen and oxygen atoms in total. The van der Waals surface area contributed by atoms with Crippen molar-refractivity contribution >= 4 is 25.9 Å². The zero-order valence-corrected chi connectivity index (χ0v) is 6.64. The quantitative estimate of drug-likeness (QED) is 0.356. The molecule has 3 heteroatoms. The van der Waals surface area contributed by atoms with Crippen LogP contribution in [0.25, 0.3) is 0 Å². The van der Waals surface area contributed by atoms with Crippen molar-refractivity contribution < 1.29 is 0 Å². The molecule has 7 heavy (non-hydrogen) atoms. The molecule has 38 valence electrons.